The van der Waals surface area contributed by atoms with E-state index in [0.29, 0.717) is 6.54 Å². The maximum absolute atomic E-state index is 9.03. The highest BCUT2D eigenvalue weighted by Crippen LogP contribution is 2.23. The topological polar surface area (TPSA) is 24.1 Å². The van der Waals surface area contributed by atoms with E-state index < -0.39 is 0 Å². The van der Waals surface area contributed by atoms with Gasteiger partial charge in [0.2, 0.25) is 10.5 Å². The highest BCUT2D eigenvalue weighted by molar-refractivity contribution is 7.18. The van der Waals surface area contributed by atoms with E-state index in [1.165, 1.54) is 26.4 Å². The van der Waals surface area contributed by atoms with Crippen LogP contribution in [0.25, 0.3) is 10.2 Å². The molecule has 0 amide bonds. The van der Waals surface area contributed by atoms with Gasteiger partial charge in [0.25, 0.3) is 0 Å². The number of halogens is 1. The quantitative estimate of drug-likeness (QED) is 0.552. The van der Waals surface area contributed by atoms with Gasteiger partial charge in [-0.3, -0.25) is 0 Å². The third-order valence-corrected chi connectivity index (χ3v) is 3.89. The first kappa shape index (κ1) is 13.9. The Balaban J connectivity index is 0.00000128. The molecule has 1 heterocycles. The van der Waals surface area contributed by atoms with Gasteiger partial charge < -0.3 is 29.1 Å². The number of aromatic nitrogens is 1. The summed E-state index contributed by atoms with van der Waals surface area (Å²) in [5, 5.41) is 10.3. The van der Waals surface area contributed by atoms with E-state index in [0.717, 1.165) is 0 Å². The van der Waals surface area contributed by atoms with E-state index >= 15 is 0 Å². The number of benzene rings is 1. The summed E-state index contributed by atoms with van der Waals surface area (Å²) in [5.41, 5.74) is 3.89. The van der Waals surface area contributed by atoms with Crippen LogP contribution in [-0.4, -0.2) is 11.7 Å². The van der Waals surface area contributed by atoms with E-state index in [1.54, 1.807) is 11.3 Å². The van der Waals surface area contributed by atoms with Crippen LogP contribution in [0, 0.1) is 20.8 Å². The van der Waals surface area contributed by atoms with Crippen molar-refractivity contribution in [2.75, 3.05) is 6.61 Å². The van der Waals surface area contributed by atoms with Gasteiger partial charge in [-0.1, -0.05) is 11.3 Å². The smallest absolute Gasteiger partial charge is 0.235 e. The predicted molar refractivity (Wildman–Crippen MR) is 63.3 cm³/mol. The van der Waals surface area contributed by atoms with Crippen molar-refractivity contribution in [2.24, 2.45) is 0 Å². The van der Waals surface area contributed by atoms with Gasteiger partial charge >= 0.3 is 0 Å². The lowest BCUT2D eigenvalue weighted by atomic mass is 10.1. The van der Waals surface area contributed by atoms with E-state index in [-0.39, 0.29) is 30.6 Å². The zero-order chi connectivity index (χ0) is 11.0. The highest BCUT2D eigenvalue weighted by atomic mass is 127. The summed E-state index contributed by atoms with van der Waals surface area (Å²) in [5.74, 6) is 0. The van der Waals surface area contributed by atoms with Crippen molar-refractivity contribution in [1.29, 1.82) is 0 Å². The first-order chi connectivity index (χ1) is 7.13. The summed E-state index contributed by atoms with van der Waals surface area (Å²) in [6, 6.07) is 4.44. The molecule has 0 bridgehead atoms. The molecule has 0 aliphatic rings. The minimum atomic E-state index is 0. The summed E-state index contributed by atoms with van der Waals surface area (Å²) in [6.07, 6.45) is 0. The summed E-state index contributed by atoms with van der Waals surface area (Å²) in [4.78, 5) is 0. The predicted octanol–water partition coefficient (Wildman–Crippen LogP) is -0.890. The number of hydrogen-bond acceptors (Lipinski definition) is 2. The van der Waals surface area contributed by atoms with Crippen molar-refractivity contribution in [2.45, 2.75) is 27.3 Å². The van der Waals surface area contributed by atoms with Gasteiger partial charge in [-0.05, 0) is 31.0 Å². The van der Waals surface area contributed by atoms with Crippen LogP contribution in [0.4, 0.5) is 0 Å². The van der Waals surface area contributed by atoms with Crippen molar-refractivity contribution in [3.63, 3.8) is 0 Å². The molecular weight excluding hydrogens is 333 g/mol. The molecule has 16 heavy (non-hydrogen) atoms. The Kier molecular flexibility index (Phi) is 4.70. The van der Waals surface area contributed by atoms with Crippen molar-refractivity contribution >= 4 is 21.6 Å². The van der Waals surface area contributed by atoms with Gasteiger partial charge in [0, 0.05) is 13.0 Å². The second kappa shape index (κ2) is 5.42. The molecule has 0 fully saturated rings. The molecule has 0 spiro atoms. The number of nitrogens with zero attached hydrogens (tertiary/aromatic N) is 1. The van der Waals surface area contributed by atoms with Gasteiger partial charge in [0.1, 0.15) is 11.3 Å². The Morgan fingerprint density at radius 2 is 1.81 bits per heavy atom. The maximum atomic E-state index is 9.03. The van der Waals surface area contributed by atoms with E-state index in [4.69, 9.17) is 5.11 Å². The van der Waals surface area contributed by atoms with E-state index in [9.17, 15) is 0 Å². The fourth-order valence-electron chi connectivity index (χ4n) is 1.83. The SMILES string of the molecule is Cc1cc2sc(C)[n+](CCO)c2cc1C.[I-]. The van der Waals surface area contributed by atoms with Crippen LogP contribution in [0.15, 0.2) is 12.1 Å². The monoisotopic (exact) mass is 349 g/mol. The van der Waals surface area contributed by atoms with Crippen LogP contribution in [0.3, 0.4) is 0 Å². The minimum Gasteiger partial charge on any atom is -1.00 e. The zero-order valence-corrected chi connectivity index (χ0v) is 12.7. The van der Waals surface area contributed by atoms with Gasteiger partial charge in [0.05, 0.1) is 0 Å². The van der Waals surface area contributed by atoms with Crippen LogP contribution in [-0.2, 0) is 6.54 Å². The summed E-state index contributed by atoms with van der Waals surface area (Å²) >= 11 is 1.79. The number of aliphatic hydroxyl groups excluding tert-OH is 1. The first-order valence-electron chi connectivity index (χ1n) is 5.14. The maximum Gasteiger partial charge on any atom is 0.235 e. The molecule has 0 atom stereocenters. The number of hydrogen-bond donors (Lipinski definition) is 1. The Bertz CT molecular complexity index is 507. The Morgan fingerprint density at radius 3 is 2.44 bits per heavy atom. The zero-order valence-electron chi connectivity index (χ0n) is 9.75. The second-order valence-electron chi connectivity index (χ2n) is 3.90. The van der Waals surface area contributed by atoms with Crippen molar-refractivity contribution < 1.29 is 33.7 Å². The molecule has 2 nitrogen and oxygen atoms in total. The van der Waals surface area contributed by atoms with Crippen LogP contribution in [0.5, 0.6) is 0 Å². The fourth-order valence-corrected chi connectivity index (χ4v) is 2.96. The molecule has 0 unspecified atom stereocenters. The van der Waals surface area contributed by atoms with Gasteiger partial charge in [-0.25, -0.2) is 0 Å². The molecule has 2 aromatic rings. The normalized spacial score (nSPS) is 10.5. The lowest BCUT2D eigenvalue weighted by molar-refractivity contribution is -0.674. The second-order valence-corrected chi connectivity index (χ2v) is 5.14. The molecule has 1 aromatic carbocycles. The van der Waals surface area contributed by atoms with Crippen LogP contribution in [0.2, 0.25) is 0 Å². The van der Waals surface area contributed by atoms with Crippen LogP contribution >= 0.6 is 11.3 Å². The van der Waals surface area contributed by atoms with Gasteiger partial charge in [0.15, 0.2) is 6.54 Å². The number of thiazole rings is 1. The lowest BCUT2D eigenvalue weighted by Crippen LogP contribution is -3.00. The van der Waals surface area contributed by atoms with E-state index in [1.807, 2.05) is 0 Å². The van der Waals surface area contributed by atoms with Gasteiger partial charge in [-0.15, -0.1) is 0 Å². The number of rotatable bonds is 2. The van der Waals surface area contributed by atoms with Gasteiger partial charge in [-0.2, -0.15) is 4.57 Å². The number of fused-ring (bicyclic) bond motifs is 1. The van der Waals surface area contributed by atoms with Crippen molar-refractivity contribution in [3.05, 3.63) is 28.3 Å². The third-order valence-electron chi connectivity index (χ3n) is 2.83. The average Bonchev–Trinajstić information content (AvgIpc) is 2.46. The Hall–Kier alpha value is -0.200. The Morgan fingerprint density at radius 1 is 1.19 bits per heavy atom. The molecule has 0 radical (unpaired) electrons. The molecule has 4 heteroatoms. The summed E-state index contributed by atoms with van der Waals surface area (Å²) in [7, 11) is 0. The van der Waals surface area contributed by atoms with Crippen molar-refractivity contribution in [3.8, 4) is 0 Å². The lowest BCUT2D eigenvalue weighted by Gasteiger charge is -1.98. The molecule has 0 saturated heterocycles. The minimum absolute atomic E-state index is 0. The van der Waals surface area contributed by atoms with Crippen molar-refractivity contribution in [1.82, 2.24) is 0 Å². The largest absolute Gasteiger partial charge is 1.00 e. The fraction of sp³-hybridized carbons (Fsp3) is 0.417. The molecule has 0 aliphatic heterocycles. The highest BCUT2D eigenvalue weighted by Gasteiger charge is 2.16. The molecule has 2 rings (SSSR count). The molecule has 1 N–H and O–H groups in total. The first-order valence-corrected chi connectivity index (χ1v) is 5.96. The number of aliphatic hydroxyl groups is 1. The number of aryl methyl sites for hydroxylation is 3. The summed E-state index contributed by atoms with van der Waals surface area (Å²) < 4.78 is 3.50. The van der Waals surface area contributed by atoms with E-state index in [2.05, 4.69) is 37.5 Å². The molecule has 0 aliphatic carbocycles. The molecule has 0 saturated carbocycles. The third kappa shape index (κ3) is 2.38. The molecule has 88 valence electrons. The van der Waals surface area contributed by atoms with Crippen LogP contribution < -0.4 is 28.5 Å². The molecule has 1 aromatic heterocycles. The Labute approximate surface area is 117 Å². The summed E-state index contributed by atoms with van der Waals surface area (Å²) in [6.45, 7) is 7.26. The standard InChI is InChI=1S/C12H16NOS.HI/c1-8-6-11-12(7-9(8)2)15-10(3)13(11)4-5-14;/h6-7,14H,4-5H2,1-3H3;1H/q+1;/p-1. The molecular formula is C12H16INOS. The average molecular weight is 349 g/mol. The van der Waals surface area contributed by atoms with Crippen LogP contribution in [0.1, 0.15) is 16.1 Å².